The van der Waals surface area contributed by atoms with E-state index in [9.17, 15) is 0 Å². The van der Waals surface area contributed by atoms with E-state index in [0.29, 0.717) is 0 Å². The molecule has 62 heavy (non-hydrogen) atoms. The molecule has 8 heteroatoms. The maximum absolute atomic E-state index is 2.45. The maximum atomic E-state index is 2.45. The summed E-state index contributed by atoms with van der Waals surface area (Å²) in [7, 11) is 0. The molecule has 0 spiro atoms. The average molecular weight is 1260 g/mol. The molecular formula is C54H72Cl2Ge4Zr2-2. The number of rotatable bonds is 4. The maximum Gasteiger partial charge on any atom is -1.00 e. The number of halogens is 2. The van der Waals surface area contributed by atoms with Crippen molar-refractivity contribution < 1.29 is 73.3 Å². The summed E-state index contributed by atoms with van der Waals surface area (Å²) >= 11 is -3.43. The summed E-state index contributed by atoms with van der Waals surface area (Å²) in [6.07, 6.45) is 0. The summed E-state index contributed by atoms with van der Waals surface area (Å²) < 4.78 is 9.55. The van der Waals surface area contributed by atoms with Crippen LogP contribution in [0.15, 0.2) is 146 Å². The Bertz CT molecular complexity index is 2220. The summed E-state index contributed by atoms with van der Waals surface area (Å²) in [5.74, 6) is 29.4. The van der Waals surface area contributed by atoms with Crippen LogP contribution in [0, 0.1) is 0 Å². The Kier molecular flexibility index (Phi) is 25.8. The van der Waals surface area contributed by atoms with Crippen LogP contribution in [0.1, 0.15) is 27.7 Å². The molecular weight excluding hydrogens is 1190 g/mol. The third kappa shape index (κ3) is 19.1. The van der Waals surface area contributed by atoms with E-state index < -0.39 is 53.1 Å². The molecule has 0 aliphatic carbocycles. The first kappa shape index (κ1) is 59.6. The second kappa shape index (κ2) is 26.8. The summed E-state index contributed by atoms with van der Waals surface area (Å²) in [5, 5.41) is 11.5. The van der Waals surface area contributed by atoms with Gasteiger partial charge in [-0.25, -0.2) is 0 Å². The first-order chi connectivity index (χ1) is 27.8. The molecule has 0 nitrogen and oxygen atoms in total. The predicted molar refractivity (Wildman–Crippen MR) is 283 cm³/mol. The Morgan fingerprint density at radius 3 is 0.613 bits per heavy atom. The van der Waals surface area contributed by atoms with Gasteiger partial charge in [-0.2, -0.15) is 0 Å². The molecule has 8 aromatic rings. The Labute approximate surface area is 430 Å². The first-order valence-electron chi connectivity index (χ1n) is 21.5. The van der Waals surface area contributed by atoms with Gasteiger partial charge in [0.25, 0.3) is 0 Å². The van der Waals surface area contributed by atoms with Crippen LogP contribution < -0.4 is 42.4 Å². The monoisotopic (exact) mass is 1270 g/mol. The largest absolute Gasteiger partial charge is 1.00 e. The van der Waals surface area contributed by atoms with E-state index in [1.54, 1.807) is 66.1 Å². The molecule has 0 aliphatic rings. The van der Waals surface area contributed by atoms with Crippen molar-refractivity contribution in [2.45, 2.75) is 96.8 Å². The van der Waals surface area contributed by atoms with E-state index in [2.05, 4.69) is 242 Å². The second-order valence-electron chi connectivity index (χ2n) is 20.3. The van der Waals surface area contributed by atoms with Gasteiger partial charge in [0, 0.05) is 0 Å². The van der Waals surface area contributed by atoms with Crippen LogP contribution in [0.2, 0.25) is 69.1 Å². The fourth-order valence-electron chi connectivity index (χ4n) is 7.22. The van der Waals surface area contributed by atoms with Gasteiger partial charge in [0.1, 0.15) is 0 Å². The quantitative estimate of drug-likeness (QED) is 0.124. The number of hydrogen-bond acceptors (Lipinski definition) is 0. The van der Waals surface area contributed by atoms with E-state index in [4.69, 9.17) is 0 Å². The SMILES string of the molecule is C[C](C)=[Zr+2].C[C](C)=[Zr+2].[CH3][Ge]([CH3])([CH3])[c]1c[cH-]c2ccccc12.[CH3][Ge]([CH3])([CH3])[c]1c[cH-]c2ccccc12.[CH3][Ge]([CH3])([CH3])[c]1c[cH-]c2ccccc12.[CH3][Ge]([CH3])([CH3])[c]1c[cH-]c2ccccc12.[Cl-].[Cl-]. The fraction of sp³-hybridized carbons (Fsp3) is 0.296. The van der Waals surface area contributed by atoms with Crippen molar-refractivity contribution in [2.24, 2.45) is 0 Å². The van der Waals surface area contributed by atoms with Crippen molar-refractivity contribution in [2.75, 3.05) is 0 Å². The standard InChI is InChI=1S/4C12H15Ge.2C3H6.2ClH.2Zr/c4*1-13(2,3)12-9-8-10-6-4-5-7-11(10)12;2*1-3-2;;;;/h4*4-9H,1-3H3;2*1-2H3;2*1H;;/q4*-1;;;;;2*+2/p-2. The van der Waals surface area contributed by atoms with E-state index >= 15 is 0 Å². The molecule has 0 N–H and O–H groups in total. The minimum absolute atomic E-state index is 0. The summed E-state index contributed by atoms with van der Waals surface area (Å²) in [5.41, 5.74) is 0. The Hall–Kier alpha value is -0.422. The van der Waals surface area contributed by atoms with Gasteiger partial charge in [0.2, 0.25) is 0 Å². The topological polar surface area (TPSA) is 0 Å². The molecule has 328 valence electrons. The molecule has 0 atom stereocenters. The third-order valence-corrected chi connectivity index (χ3v) is 27.2. The molecule has 8 aromatic carbocycles. The van der Waals surface area contributed by atoms with Crippen LogP contribution in [0.4, 0.5) is 0 Å². The minimum Gasteiger partial charge on any atom is -1.00 e. The van der Waals surface area contributed by atoms with Gasteiger partial charge in [-0.05, 0) is 0 Å². The van der Waals surface area contributed by atoms with E-state index in [1.165, 1.54) is 49.5 Å². The smallest absolute Gasteiger partial charge is 1.00 e. The van der Waals surface area contributed by atoms with Gasteiger partial charge in [-0.1, -0.05) is 0 Å². The Balaban J connectivity index is 0.000000386. The molecule has 0 aromatic heterocycles. The zero-order valence-corrected chi connectivity index (χ0v) is 55.4. The van der Waals surface area contributed by atoms with Gasteiger partial charge in [0.15, 0.2) is 0 Å². The zero-order chi connectivity index (χ0) is 45.1. The molecule has 0 amide bonds. The van der Waals surface area contributed by atoms with Crippen LogP contribution in [0.5, 0.6) is 0 Å². The van der Waals surface area contributed by atoms with Crippen molar-refractivity contribution in [1.82, 2.24) is 0 Å². The zero-order valence-electron chi connectivity index (χ0n) is 40.6. The van der Waals surface area contributed by atoms with Gasteiger partial charge in [0.05, 0.1) is 0 Å². The molecule has 0 heterocycles. The number of benzene rings is 4. The summed E-state index contributed by atoms with van der Waals surface area (Å²) in [6.45, 7) is 8.49. The Morgan fingerprint density at radius 1 is 0.323 bits per heavy atom. The molecule has 0 aliphatic heterocycles. The van der Waals surface area contributed by atoms with Crippen molar-refractivity contribution in [1.29, 1.82) is 0 Å². The summed E-state index contributed by atoms with van der Waals surface area (Å²) in [6, 6.07) is 53.1. The van der Waals surface area contributed by atoms with Crippen molar-refractivity contribution in [3.63, 3.8) is 0 Å². The minimum atomic E-state index is -1.64. The van der Waals surface area contributed by atoms with Gasteiger partial charge in [-0.3, -0.25) is 0 Å². The first-order valence-corrected chi connectivity index (χ1v) is 53.3. The fourth-order valence-corrected chi connectivity index (χ4v) is 20.8. The van der Waals surface area contributed by atoms with E-state index in [-0.39, 0.29) is 24.8 Å². The van der Waals surface area contributed by atoms with E-state index in [0.717, 1.165) is 0 Å². The van der Waals surface area contributed by atoms with Crippen LogP contribution in [0.3, 0.4) is 0 Å². The van der Waals surface area contributed by atoms with Crippen LogP contribution in [0.25, 0.3) is 43.1 Å². The van der Waals surface area contributed by atoms with Gasteiger partial charge >= 0.3 is 411 Å². The molecule has 0 saturated heterocycles. The summed E-state index contributed by atoms with van der Waals surface area (Å²) in [4.78, 5) is 0. The second-order valence-corrected chi connectivity index (χ2v) is 67.5. The molecule has 0 saturated carbocycles. The molecule has 8 rings (SSSR count). The van der Waals surface area contributed by atoms with Crippen molar-refractivity contribution >= 4 is 120 Å². The van der Waals surface area contributed by atoms with Gasteiger partial charge < -0.3 is 24.8 Å². The van der Waals surface area contributed by atoms with Crippen molar-refractivity contribution in [3.8, 4) is 0 Å². The van der Waals surface area contributed by atoms with Crippen molar-refractivity contribution in [3.05, 3.63) is 146 Å². The average Bonchev–Trinajstić information content (AvgIpc) is 3.95. The Morgan fingerprint density at radius 2 is 0.468 bits per heavy atom. The molecule has 0 unspecified atom stereocenters. The number of fused-ring (bicyclic) bond motifs is 4. The molecule has 0 bridgehead atoms. The number of hydrogen-bond donors (Lipinski definition) is 0. The van der Waals surface area contributed by atoms with E-state index in [1.807, 2.05) is 0 Å². The molecule has 0 radical (unpaired) electrons. The van der Waals surface area contributed by atoms with Crippen LogP contribution >= 0.6 is 0 Å². The van der Waals surface area contributed by atoms with Crippen LogP contribution in [-0.4, -0.2) is 59.5 Å². The van der Waals surface area contributed by atoms with Gasteiger partial charge in [-0.15, -0.1) is 0 Å². The normalized spacial score (nSPS) is 11.2. The third-order valence-electron chi connectivity index (χ3n) is 9.95. The predicted octanol–water partition coefficient (Wildman–Crippen LogP) is 7.91. The molecule has 0 fully saturated rings. The van der Waals surface area contributed by atoms with Crippen LogP contribution in [-0.2, 0) is 48.5 Å².